The minimum absolute atomic E-state index is 0.488. The average Bonchev–Trinajstić information content (AvgIpc) is 3.09. The van der Waals surface area contributed by atoms with E-state index in [9.17, 15) is 0 Å². The summed E-state index contributed by atoms with van der Waals surface area (Å²) in [7, 11) is 0. The first-order chi connectivity index (χ1) is 8.76. The Labute approximate surface area is 108 Å². The number of nitrogens with two attached hydrogens (primary N) is 1. The SMILES string of the molecule is CCCOc1ncnc(NC2CC2CCC)c1N. The molecule has 1 aliphatic rings. The van der Waals surface area contributed by atoms with Crippen LogP contribution in [0.5, 0.6) is 5.88 Å². The topological polar surface area (TPSA) is 73.1 Å². The van der Waals surface area contributed by atoms with Gasteiger partial charge in [-0.2, -0.15) is 4.98 Å². The zero-order valence-corrected chi connectivity index (χ0v) is 11.1. The lowest BCUT2D eigenvalue weighted by Crippen LogP contribution is -2.11. The van der Waals surface area contributed by atoms with Gasteiger partial charge in [0.25, 0.3) is 0 Å². The molecule has 1 heterocycles. The monoisotopic (exact) mass is 250 g/mol. The summed E-state index contributed by atoms with van der Waals surface area (Å²) >= 11 is 0. The first-order valence-electron chi connectivity index (χ1n) is 6.76. The van der Waals surface area contributed by atoms with Gasteiger partial charge in [-0.15, -0.1) is 0 Å². The molecule has 5 heteroatoms. The lowest BCUT2D eigenvalue weighted by Gasteiger charge is -2.11. The summed E-state index contributed by atoms with van der Waals surface area (Å²) < 4.78 is 5.49. The van der Waals surface area contributed by atoms with Crippen molar-refractivity contribution in [2.75, 3.05) is 17.7 Å². The summed E-state index contributed by atoms with van der Waals surface area (Å²) in [5.74, 6) is 1.96. The molecule has 1 aromatic heterocycles. The molecule has 0 bridgehead atoms. The number of aromatic nitrogens is 2. The number of nitrogen functional groups attached to an aromatic ring is 1. The predicted molar refractivity (Wildman–Crippen MR) is 72.7 cm³/mol. The van der Waals surface area contributed by atoms with Crippen molar-refractivity contribution >= 4 is 11.5 Å². The predicted octanol–water partition coefficient (Wildman–Crippen LogP) is 2.45. The van der Waals surface area contributed by atoms with E-state index in [0.717, 1.165) is 12.3 Å². The van der Waals surface area contributed by atoms with Gasteiger partial charge < -0.3 is 15.8 Å². The Bertz CT molecular complexity index is 397. The second kappa shape index (κ2) is 5.89. The molecule has 0 aromatic carbocycles. The normalized spacial score (nSPS) is 21.7. The quantitative estimate of drug-likeness (QED) is 0.777. The fourth-order valence-corrected chi connectivity index (χ4v) is 2.10. The molecule has 0 radical (unpaired) electrons. The maximum absolute atomic E-state index is 6.01. The largest absolute Gasteiger partial charge is 0.476 e. The van der Waals surface area contributed by atoms with Gasteiger partial charge in [-0.1, -0.05) is 20.3 Å². The van der Waals surface area contributed by atoms with Crippen LogP contribution in [-0.4, -0.2) is 22.6 Å². The highest BCUT2D eigenvalue weighted by Crippen LogP contribution is 2.38. The molecule has 2 atom stereocenters. The van der Waals surface area contributed by atoms with E-state index in [0.29, 0.717) is 30.0 Å². The molecule has 0 aliphatic heterocycles. The number of anilines is 2. The van der Waals surface area contributed by atoms with E-state index >= 15 is 0 Å². The van der Waals surface area contributed by atoms with Crippen LogP contribution in [0.4, 0.5) is 11.5 Å². The van der Waals surface area contributed by atoms with Crippen molar-refractivity contribution in [1.82, 2.24) is 9.97 Å². The lowest BCUT2D eigenvalue weighted by molar-refractivity contribution is 0.306. The summed E-state index contributed by atoms with van der Waals surface area (Å²) in [5.41, 5.74) is 6.53. The highest BCUT2D eigenvalue weighted by molar-refractivity contribution is 5.67. The fourth-order valence-electron chi connectivity index (χ4n) is 2.10. The van der Waals surface area contributed by atoms with Gasteiger partial charge >= 0.3 is 0 Å². The second-order valence-corrected chi connectivity index (χ2v) is 4.82. The number of nitrogens with zero attached hydrogens (tertiary/aromatic N) is 2. The van der Waals surface area contributed by atoms with Crippen LogP contribution in [0.15, 0.2) is 6.33 Å². The highest BCUT2D eigenvalue weighted by Gasteiger charge is 2.36. The molecule has 2 unspecified atom stereocenters. The molecule has 5 nitrogen and oxygen atoms in total. The Morgan fingerprint density at radius 1 is 1.39 bits per heavy atom. The Balaban J connectivity index is 1.96. The van der Waals surface area contributed by atoms with Gasteiger partial charge in [-0.05, 0) is 25.2 Å². The number of nitrogens with one attached hydrogen (secondary N) is 1. The first kappa shape index (κ1) is 12.9. The molecule has 2 rings (SSSR count). The van der Waals surface area contributed by atoms with E-state index in [4.69, 9.17) is 10.5 Å². The summed E-state index contributed by atoms with van der Waals surface area (Å²) in [6.45, 7) is 4.89. The van der Waals surface area contributed by atoms with Crippen LogP contribution in [0.25, 0.3) is 0 Å². The van der Waals surface area contributed by atoms with Crippen LogP contribution in [0, 0.1) is 5.92 Å². The maximum atomic E-state index is 6.01. The standard InChI is InChI=1S/C13H22N4O/c1-3-5-9-7-10(9)17-12-11(14)13(16-8-15-12)18-6-4-2/h8-10H,3-7,14H2,1-2H3,(H,15,16,17). The van der Waals surface area contributed by atoms with Crippen molar-refractivity contribution < 1.29 is 4.74 Å². The molecule has 100 valence electrons. The van der Waals surface area contributed by atoms with E-state index in [1.54, 1.807) is 0 Å². The Morgan fingerprint density at radius 2 is 2.22 bits per heavy atom. The van der Waals surface area contributed by atoms with E-state index < -0.39 is 0 Å². The minimum Gasteiger partial charge on any atom is -0.476 e. The molecular formula is C13H22N4O. The Kier molecular flexibility index (Phi) is 4.23. The van der Waals surface area contributed by atoms with Gasteiger partial charge in [-0.3, -0.25) is 0 Å². The van der Waals surface area contributed by atoms with Gasteiger partial charge in [-0.25, -0.2) is 4.98 Å². The minimum atomic E-state index is 0.488. The Morgan fingerprint density at radius 3 is 2.94 bits per heavy atom. The summed E-state index contributed by atoms with van der Waals surface area (Å²) in [4.78, 5) is 8.26. The summed E-state index contributed by atoms with van der Waals surface area (Å²) in [6, 6.07) is 0.515. The van der Waals surface area contributed by atoms with Crippen LogP contribution in [0.1, 0.15) is 39.5 Å². The Hall–Kier alpha value is -1.52. The number of ether oxygens (including phenoxy) is 1. The van der Waals surface area contributed by atoms with Gasteiger partial charge in [0.1, 0.15) is 12.0 Å². The van der Waals surface area contributed by atoms with Crippen LogP contribution < -0.4 is 15.8 Å². The molecule has 1 saturated carbocycles. The molecule has 1 aromatic rings. The summed E-state index contributed by atoms with van der Waals surface area (Å²) in [6.07, 6.45) is 6.14. The molecule has 18 heavy (non-hydrogen) atoms. The van der Waals surface area contributed by atoms with E-state index in [2.05, 4.69) is 29.1 Å². The number of hydrogen-bond acceptors (Lipinski definition) is 5. The molecule has 1 aliphatic carbocycles. The molecule has 1 fully saturated rings. The second-order valence-electron chi connectivity index (χ2n) is 4.82. The van der Waals surface area contributed by atoms with Gasteiger partial charge in [0.2, 0.25) is 5.88 Å². The van der Waals surface area contributed by atoms with E-state index in [1.807, 2.05) is 0 Å². The fraction of sp³-hybridized carbons (Fsp3) is 0.692. The zero-order valence-electron chi connectivity index (χ0n) is 11.1. The van der Waals surface area contributed by atoms with Gasteiger partial charge in [0.15, 0.2) is 5.82 Å². The maximum Gasteiger partial charge on any atom is 0.242 e. The molecule has 3 N–H and O–H groups in total. The lowest BCUT2D eigenvalue weighted by atomic mass is 10.2. The van der Waals surface area contributed by atoms with Crippen LogP contribution in [-0.2, 0) is 0 Å². The van der Waals surface area contributed by atoms with Crippen molar-refractivity contribution in [2.45, 2.75) is 45.6 Å². The third-order valence-electron chi connectivity index (χ3n) is 3.19. The molecular weight excluding hydrogens is 228 g/mol. The average molecular weight is 250 g/mol. The van der Waals surface area contributed by atoms with Crippen molar-refractivity contribution in [3.63, 3.8) is 0 Å². The first-order valence-corrected chi connectivity index (χ1v) is 6.76. The third-order valence-corrected chi connectivity index (χ3v) is 3.19. The number of rotatable bonds is 7. The van der Waals surface area contributed by atoms with E-state index in [-0.39, 0.29) is 0 Å². The third kappa shape index (κ3) is 3.03. The molecule has 0 spiro atoms. The molecule has 0 saturated heterocycles. The van der Waals surface area contributed by atoms with Crippen LogP contribution in [0.2, 0.25) is 0 Å². The van der Waals surface area contributed by atoms with Crippen LogP contribution in [0.3, 0.4) is 0 Å². The van der Waals surface area contributed by atoms with E-state index in [1.165, 1.54) is 25.6 Å². The highest BCUT2D eigenvalue weighted by atomic mass is 16.5. The van der Waals surface area contributed by atoms with Crippen molar-refractivity contribution in [1.29, 1.82) is 0 Å². The molecule has 0 amide bonds. The van der Waals surface area contributed by atoms with Gasteiger partial charge in [0, 0.05) is 6.04 Å². The van der Waals surface area contributed by atoms with Crippen molar-refractivity contribution in [3.05, 3.63) is 6.33 Å². The smallest absolute Gasteiger partial charge is 0.242 e. The number of hydrogen-bond donors (Lipinski definition) is 2. The zero-order chi connectivity index (χ0) is 13.0. The van der Waals surface area contributed by atoms with Crippen molar-refractivity contribution in [2.24, 2.45) is 5.92 Å². The van der Waals surface area contributed by atoms with Gasteiger partial charge in [0.05, 0.1) is 6.61 Å². The summed E-state index contributed by atoms with van der Waals surface area (Å²) in [5, 5.41) is 3.38. The van der Waals surface area contributed by atoms with Crippen molar-refractivity contribution in [3.8, 4) is 5.88 Å². The van der Waals surface area contributed by atoms with Crippen LogP contribution >= 0.6 is 0 Å².